The smallest absolute Gasteiger partial charge is 0.0191 e. The summed E-state index contributed by atoms with van der Waals surface area (Å²) in [6, 6.07) is 0.791. The first-order valence-electron chi connectivity index (χ1n) is 6.61. The van der Waals surface area contributed by atoms with Crippen LogP contribution < -0.4 is 5.32 Å². The Bertz CT molecular complexity index is 199. The quantitative estimate of drug-likeness (QED) is 0.789. The maximum atomic E-state index is 3.84. The number of rotatable bonds is 4. The van der Waals surface area contributed by atoms with Crippen LogP contribution in [-0.2, 0) is 0 Å². The molecule has 0 aromatic heterocycles. The summed E-state index contributed by atoms with van der Waals surface area (Å²) in [5.41, 5.74) is 0.660. The zero-order chi connectivity index (χ0) is 10.7. The summed E-state index contributed by atoms with van der Waals surface area (Å²) in [6.45, 7) is 6.03. The summed E-state index contributed by atoms with van der Waals surface area (Å²) in [4.78, 5) is 0. The van der Waals surface area contributed by atoms with Crippen molar-refractivity contribution in [1.29, 1.82) is 0 Å². The normalized spacial score (nSPS) is 34.8. The number of thioether (sulfide) groups is 1. The number of hydrogen-bond acceptors (Lipinski definition) is 2. The van der Waals surface area contributed by atoms with E-state index in [1.165, 1.54) is 50.8 Å². The molecule has 1 aliphatic carbocycles. The molecule has 0 aromatic carbocycles. The Hall–Kier alpha value is 0.310. The maximum Gasteiger partial charge on any atom is 0.0191 e. The van der Waals surface area contributed by atoms with Crippen molar-refractivity contribution < 1.29 is 0 Å². The molecule has 2 fully saturated rings. The lowest BCUT2D eigenvalue weighted by Gasteiger charge is -2.30. The molecule has 1 nitrogen and oxygen atoms in total. The van der Waals surface area contributed by atoms with E-state index in [9.17, 15) is 0 Å². The molecule has 0 spiro atoms. The van der Waals surface area contributed by atoms with E-state index in [0.717, 1.165) is 11.3 Å². The maximum absolute atomic E-state index is 3.84. The molecule has 2 heteroatoms. The third kappa shape index (κ3) is 2.71. The minimum atomic E-state index is 0.660. The van der Waals surface area contributed by atoms with Gasteiger partial charge in [0.15, 0.2) is 0 Å². The molecule has 88 valence electrons. The van der Waals surface area contributed by atoms with Crippen molar-refractivity contribution in [3.63, 3.8) is 0 Å². The van der Waals surface area contributed by atoms with E-state index in [4.69, 9.17) is 0 Å². The Morgan fingerprint density at radius 1 is 1.33 bits per heavy atom. The van der Waals surface area contributed by atoms with Crippen molar-refractivity contribution in [2.24, 2.45) is 5.41 Å². The van der Waals surface area contributed by atoms with Gasteiger partial charge < -0.3 is 5.32 Å². The topological polar surface area (TPSA) is 12.0 Å². The van der Waals surface area contributed by atoms with Gasteiger partial charge in [-0.05, 0) is 36.9 Å². The van der Waals surface area contributed by atoms with Gasteiger partial charge in [-0.1, -0.05) is 26.7 Å². The molecule has 2 rings (SSSR count). The Morgan fingerprint density at radius 3 is 2.60 bits per heavy atom. The second kappa shape index (κ2) is 5.09. The summed E-state index contributed by atoms with van der Waals surface area (Å²) in [6.07, 6.45) is 8.60. The molecule has 1 aliphatic heterocycles. The fourth-order valence-electron chi connectivity index (χ4n) is 3.13. The molecule has 1 heterocycles. The lowest BCUT2D eigenvalue weighted by molar-refractivity contribution is 0.255. The lowest BCUT2D eigenvalue weighted by Crippen LogP contribution is -2.40. The average Bonchev–Trinajstić information content (AvgIpc) is 2.85. The van der Waals surface area contributed by atoms with E-state index in [1.54, 1.807) is 0 Å². The Labute approximate surface area is 98.8 Å². The van der Waals surface area contributed by atoms with Crippen molar-refractivity contribution in [1.82, 2.24) is 5.32 Å². The van der Waals surface area contributed by atoms with E-state index >= 15 is 0 Å². The van der Waals surface area contributed by atoms with Gasteiger partial charge >= 0.3 is 0 Å². The zero-order valence-electron chi connectivity index (χ0n) is 10.2. The fourth-order valence-corrected chi connectivity index (χ4v) is 4.35. The minimum Gasteiger partial charge on any atom is -0.312 e. The molecule has 2 unspecified atom stereocenters. The van der Waals surface area contributed by atoms with Crippen LogP contribution >= 0.6 is 11.8 Å². The number of nitrogens with one attached hydrogen (secondary N) is 1. The predicted molar refractivity (Wildman–Crippen MR) is 69.5 cm³/mol. The highest BCUT2D eigenvalue weighted by Gasteiger charge is 2.33. The summed E-state index contributed by atoms with van der Waals surface area (Å²) >= 11 is 2.13. The Kier molecular flexibility index (Phi) is 4.00. The summed E-state index contributed by atoms with van der Waals surface area (Å²) in [5, 5.41) is 4.68. The Balaban J connectivity index is 1.80. The number of hydrogen-bond donors (Lipinski definition) is 1. The molecule has 15 heavy (non-hydrogen) atoms. The second-order valence-electron chi connectivity index (χ2n) is 5.41. The molecular formula is C13H25NS. The van der Waals surface area contributed by atoms with Gasteiger partial charge in [0.2, 0.25) is 0 Å². The lowest BCUT2D eigenvalue weighted by atomic mass is 9.83. The van der Waals surface area contributed by atoms with E-state index < -0.39 is 0 Å². The highest BCUT2D eigenvalue weighted by molar-refractivity contribution is 8.00. The molecule has 2 atom stereocenters. The van der Waals surface area contributed by atoms with Crippen molar-refractivity contribution in [2.75, 3.05) is 12.3 Å². The molecule has 0 bridgehead atoms. The SMILES string of the molecule is CCC1(CNC2CCSC2C)CCCC1. The van der Waals surface area contributed by atoms with Crippen LogP contribution in [-0.4, -0.2) is 23.6 Å². The second-order valence-corrected chi connectivity index (χ2v) is 6.90. The van der Waals surface area contributed by atoms with Crippen LogP contribution in [0.4, 0.5) is 0 Å². The van der Waals surface area contributed by atoms with Crippen LogP contribution in [0.15, 0.2) is 0 Å². The highest BCUT2D eigenvalue weighted by atomic mass is 32.2. The van der Waals surface area contributed by atoms with E-state index in [-0.39, 0.29) is 0 Å². The predicted octanol–water partition coefficient (Wildman–Crippen LogP) is 3.44. The first-order valence-corrected chi connectivity index (χ1v) is 7.66. The summed E-state index contributed by atoms with van der Waals surface area (Å²) in [7, 11) is 0. The molecular weight excluding hydrogens is 202 g/mol. The van der Waals surface area contributed by atoms with Gasteiger partial charge in [0, 0.05) is 17.8 Å². The molecule has 1 saturated heterocycles. The van der Waals surface area contributed by atoms with Crippen molar-refractivity contribution in [3.8, 4) is 0 Å². The standard InChI is InChI=1S/C13H25NS/c1-3-13(7-4-5-8-13)10-14-12-6-9-15-11(12)2/h11-12,14H,3-10H2,1-2H3. The molecule has 2 aliphatic rings. The summed E-state index contributed by atoms with van der Waals surface area (Å²) in [5.74, 6) is 1.36. The van der Waals surface area contributed by atoms with Gasteiger partial charge in [0.1, 0.15) is 0 Å². The van der Waals surface area contributed by atoms with Crippen LogP contribution in [0.2, 0.25) is 0 Å². The molecule has 0 aromatic rings. The molecule has 1 saturated carbocycles. The van der Waals surface area contributed by atoms with Crippen LogP contribution in [0, 0.1) is 5.41 Å². The molecule has 1 N–H and O–H groups in total. The highest BCUT2D eigenvalue weighted by Crippen LogP contribution is 2.40. The Morgan fingerprint density at radius 2 is 2.07 bits per heavy atom. The first kappa shape index (κ1) is 11.8. The summed E-state index contributed by atoms with van der Waals surface area (Å²) < 4.78 is 0. The van der Waals surface area contributed by atoms with Gasteiger partial charge in [-0.25, -0.2) is 0 Å². The van der Waals surface area contributed by atoms with E-state index in [0.29, 0.717) is 5.41 Å². The first-order chi connectivity index (χ1) is 7.26. The zero-order valence-corrected chi connectivity index (χ0v) is 11.0. The third-order valence-corrected chi connectivity index (χ3v) is 5.86. The average molecular weight is 227 g/mol. The van der Waals surface area contributed by atoms with Gasteiger partial charge in [0.05, 0.1) is 0 Å². The van der Waals surface area contributed by atoms with Gasteiger partial charge in [0.25, 0.3) is 0 Å². The van der Waals surface area contributed by atoms with E-state index in [2.05, 4.69) is 30.9 Å². The van der Waals surface area contributed by atoms with Crippen LogP contribution in [0.3, 0.4) is 0 Å². The van der Waals surface area contributed by atoms with Gasteiger partial charge in [-0.15, -0.1) is 0 Å². The largest absolute Gasteiger partial charge is 0.312 e. The van der Waals surface area contributed by atoms with Crippen molar-refractivity contribution in [3.05, 3.63) is 0 Å². The van der Waals surface area contributed by atoms with Crippen molar-refractivity contribution in [2.45, 2.75) is 63.7 Å². The fraction of sp³-hybridized carbons (Fsp3) is 1.00. The third-order valence-electron chi connectivity index (χ3n) is 4.53. The monoisotopic (exact) mass is 227 g/mol. The minimum absolute atomic E-state index is 0.660. The van der Waals surface area contributed by atoms with Crippen LogP contribution in [0.1, 0.15) is 52.4 Å². The van der Waals surface area contributed by atoms with Crippen LogP contribution in [0.5, 0.6) is 0 Å². The van der Waals surface area contributed by atoms with Gasteiger partial charge in [-0.2, -0.15) is 11.8 Å². The van der Waals surface area contributed by atoms with E-state index in [1.807, 2.05) is 0 Å². The molecule has 0 amide bonds. The molecule has 0 radical (unpaired) electrons. The van der Waals surface area contributed by atoms with Crippen molar-refractivity contribution >= 4 is 11.8 Å². The van der Waals surface area contributed by atoms with Crippen LogP contribution in [0.25, 0.3) is 0 Å². The van der Waals surface area contributed by atoms with Gasteiger partial charge in [-0.3, -0.25) is 0 Å².